The Kier molecular flexibility index (Phi) is 9.48. The van der Waals surface area contributed by atoms with Crippen molar-refractivity contribution in [2.45, 2.75) is 5.41 Å². The molecule has 0 radical (unpaired) electrons. The Morgan fingerprint density at radius 2 is 0.516 bits per heavy atom. The second kappa shape index (κ2) is 15.9. The van der Waals surface area contributed by atoms with E-state index in [1.54, 1.807) is 0 Å². The van der Waals surface area contributed by atoms with Crippen LogP contribution in [0.2, 0.25) is 0 Å². The molecule has 0 unspecified atom stereocenters. The van der Waals surface area contributed by atoms with Crippen molar-refractivity contribution < 1.29 is 0 Å². The van der Waals surface area contributed by atoms with Crippen LogP contribution < -0.4 is 4.90 Å². The van der Waals surface area contributed by atoms with Crippen LogP contribution in [0.4, 0.5) is 17.1 Å². The standard InChI is InChI=1S/C61H43N/c1-6-16-44(17-7-1)47-26-28-50(29-27-47)51-34-40-57-58-41-39-56(43-60(58)61(59(57)42-51,52-22-12-4-13-23-52)53-24-14-5-15-25-53)62(54-35-30-48(31-36-54)45-18-8-2-9-19-45)55-37-32-49(33-38-55)46-20-10-3-11-21-46/h1-43H. The predicted molar refractivity (Wildman–Crippen MR) is 260 cm³/mol. The fourth-order valence-electron chi connectivity index (χ4n) is 9.60. The van der Waals surface area contributed by atoms with E-state index in [4.69, 9.17) is 0 Å². The van der Waals surface area contributed by atoms with E-state index in [9.17, 15) is 0 Å². The Labute approximate surface area is 364 Å². The average Bonchev–Trinajstić information content (AvgIpc) is 3.65. The summed E-state index contributed by atoms with van der Waals surface area (Å²) >= 11 is 0. The second-order valence-electron chi connectivity index (χ2n) is 16.1. The van der Waals surface area contributed by atoms with Crippen molar-refractivity contribution in [3.05, 3.63) is 283 Å². The molecule has 0 atom stereocenters. The summed E-state index contributed by atoms with van der Waals surface area (Å²) in [6.07, 6.45) is 0. The molecule has 0 N–H and O–H groups in total. The first-order valence-corrected chi connectivity index (χ1v) is 21.4. The van der Waals surface area contributed by atoms with Gasteiger partial charge in [-0.2, -0.15) is 0 Å². The molecule has 0 spiro atoms. The molecular weight excluding hydrogens is 747 g/mol. The van der Waals surface area contributed by atoms with E-state index in [2.05, 4.69) is 266 Å². The summed E-state index contributed by atoms with van der Waals surface area (Å²) in [5.41, 5.74) is 19.9. The van der Waals surface area contributed by atoms with Crippen molar-refractivity contribution in [3.63, 3.8) is 0 Å². The molecule has 11 rings (SSSR count). The van der Waals surface area contributed by atoms with Crippen LogP contribution in [0, 0.1) is 0 Å². The monoisotopic (exact) mass is 789 g/mol. The zero-order valence-corrected chi connectivity index (χ0v) is 34.3. The lowest BCUT2D eigenvalue weighted by Crippen LogP contribution is -2.28. The van der Waals surface area contributed by atoms with Crippen LogP contribution in [0.5, 0.6) is 0 Å². The number of hydrogen-bond acceptors (Lipinski definition) is 1. The van der Waals surface area contributed by atoms with Gasteiger partial charge >= 0.3 is 0 Å². The number of rotatable bonds is 9. The van der Waals surface area contributed by atoms with Gasteiger partial charge in [0.15, 0.2) is 0 Å². The van der Waals surface area contributed by atoms with Gasteiger partial charge in [-0.3, -0.25) is 0 Å². The van der Waals surface area contributed by atoms with Gasteiger partial charge < -0.3 is 4.90 Å². The summed E-state index contributed by atoms with van der Waals surface area (Å²) in [6.45, 7) is 0. The first kappa shape index (κ1) is 37.0. The molecule has 10 aromatic rings. The van der Waals surface area contributed by atoms with E-state index < -0.39 is 5.41 Å². The fraction of sp³-hybridized carbons (Fsp3) is 0.0164. The van der Waals surface area contributed by atoms with Crippen molar-refractivity contribution in [3.8, 4) is 55.6 Å². The Balaban J connectivity index is 1.10. The smallest absolute Gasteiger partial charge is 0.0714 e. The predicted octanol–water partition coefficient (Wildman–Crippen LogP) is 16.2. The zero-order valence-electron chi connectivity index (χ0n) is 34.3. The Hall–Kier alpha value is -8.00. The third kappa shape index (κ3) is 6.52. The summed E-state index contributed by atoms with van der Waals surface area (Å²) in [7, 11) is 0. The van der Waals surface area contributed by atoms with Crippen LogP contribution in [-0.2, 0) is 5.41 Å². The van der Waals surface area contributed by atoms with Crippen molar-refractivity contribution >= 4 is 17.1 Å². The first-order valence-electron chi connectivity index (χ1n) is 21.4. The van der Waals surface area contributed by atoms with E-state index in [-0.39, 0.29) is 0 Å². The zero-order chi connectivity index (χ0) is 41.3. The maximum absolute atomic E-state index is 2.46. The van der Waals surface area contributed by atoms with Crippen molar-refractivity contribution in [2.75, 3.05) is 4.90 Å². The topological polar surface area (TPSA) is 3.24 Å². The molecule has 0 aliphatic heterocycles. The third-order valence-corrected chi connectivity index (χ3v) is 12.6. The molecule has 0 bridgehead atoms. The number of benzene rings is 10. The summed E-state index contributed by atoms with van der Waals surface area (Å²) < 4.78 is 0. The van der Waals surface area contributed by atoms with Crippen molar-refractivity contribution in [2.24, 2.45) is 0 Å². The fourth-order valence-corrected chi connectivity index (χ4v) is 9.60. The summed E-state index contributed by atoms with van der Waals surface area (Å²) in [4.78, 5) is 2.41. The first-order chi connectivity index (χ1) is 30.7. The molecule has 0 aromatic heterocycles. The quantitative estimate of drug-likeness (QED) is 0.141. The Morgan fingerprint density at radius 3 is 0.935 bits per heavy atom. The highest BCUT2D eigenvalue weighted by atomic mass is 15.1. The highest BCUT2D eigenvalue weighted by Crippen LogP contribution is 2.58. The van der Waals surface area contributed by atoms with E-state index in [1.165, 1.54) is 77.9 Å². The Bertz CT molecular complexity index is 2980. The lowest BCUT2D eigenvalue weighted by molar-refractivity contribution is 0.768. The van der Waals surface area contributed by atoms with Crippen LogP contribution in [0.25, 0.3) is 55.6 Å². The highest BCUT2D eigenvalue weighted by Gasteiger charge is 2.46. The molecule has 1 aliphatic rings. The van der Waals surface area contributed by atoms with E-state index in [1.807, 2.05) is 0 Å². The van der Waals surface area contributed by atoms with Gasteiger partial charge in [0.2, 0.25) is 0 Å². The van der Waals surface area contributed by atoms with Gasteiger partial charge in [-0.15, -0.1) is 0 Å². The maximum Gasteiger partial charge on any atom is 0.0714 e. The lowest BCUT2D eigenvalue weighted by atomic mass is 9.67. The molecule has 1 nitrogen and oxygen atoms in total. The van der Waals surface area contributed by atoms with E-state index >= 15 is 0 Å². The minimum absolute atomic E-state index is 0.580. The molecule has 1 aliphatic carbocycles. The van der Waals surface area contributed by atoms with Gasteiger partial charge in [0.1, 0.15) is 0 Å². The molecule has 0 saturated heterocycles. The normalized spacial score (nSPS) is 12.3. The Morgan fingerprint density at radius 1 is 0.226 bits per heavy atom. The summed E-state index contributed by atoms with van der Waals surface area (Å²) in [5, 5.41) is 0. The molecule has 1 heteroatoms. The molecule has 62 heavy (non-hydrogen) atoms. The van der Waals surface area contributed by atoms with Crippen LogP contribution in [-0.4, -0.2) is 0 Å². The van der Waals surface area contributed by atoms with Crippen LogP contribution in [0.15, 0.2) is 261 Å². The molecular formula is C61H43N. The minimum atomic E-state index is -0.580. The van der Waals surface area contributed by atoms with Gasteiger partial charge in [-0.05, 0) is 120 Å². The SMILES string of the molecule is c1ccc(-c2ccc(-c3ccc4c(c3)C(c3ccccc3)(c3ccccc3)c3cc(N(c5ccc(-c6ccccc6)cc5)c5ccc(-c6ccccc6)cc5)ccc3-4)cc2)cc1. The third-order valence-electron chi connectivity index (χ3n) is 12.6. The molecule has 292 valence electrons. The van der Waals surface area contributed by atoms with Gasteiger partial charge in [0, 0.05) is 17.1 Å². The van der Waals surface area contributed by atoms with Crippen LogP contribution >= 0.6 is 0 Å². The van der Waals surface area contributed by atoms with Crippen molar-refractivity contribution in [1.29, 1.82) is 0 Å². The molecule has 10 aromatic carbocycles. The summed E-state index contributed by atoms with van der Waals surface area (Å²) in [5.74, 6) is 0. The number of hydrogen-bond donors (Lipinski definition) is 0. The maximum atomic E-state index is 2.46. The van der Waals surface area contributed by atoms with Crippen LogP contribution in [0.1, 0.15) is 22.3 Å². The largest absolute Gasteiger partial charge is 0.310 e. The van der Waals surface area contributed by atoms with Gasteiger partial charge in [-0.25, -0.2) is 0 Å². The molecule has 0 amide bonds. The number of nitrogens with zero attached hydrogens (tertiary/aromatic N) is 1. The minimum Gasteiger partial charge on any atom is -0.310 e. The van der Waals surface area contributed by atoms with Gasteiger partial charge in [-0.1, -0.05) is 218 Å². The highest BCUT2D eigenvalue weighted by molar-refractivity contribution is 5.91. The van der Waals surface area contributed by atoms with Crippen LogP contribution in [0.3, 0.4) is 0 Å². The molecule has 0 saturated carbocycles. The average molecular weight is 790 g/mol. The number of anilines is 3. The molecule has 0 fully saturated rings. The van der Waals surface area contributed by atoms with E-state index in [0.29, 0.717) is 0 Å². The summed E-state index contributed by atoms with van der Waals surface area (Å²) in [6, 6.07) is 95.3. The number of fused-ring (bicyclic) bond motifs is 3. The lowest BCUT2D eigenvalue weighted by Gasteiger charge is -2.35. The van der Waals surface area contributed by atoms with E-state index in [0.717, 1.165) is 17.1 Å². The van der Waals surface area contributed by atoms with Gasteiger partial charge in [0.25, 0.3) is 0 Å². The molecule has 0 heterocycles. The van der Waals surface area contributed by atoms with Gasteiger partial charge in [0.05, 0.1) is 5.41 Å². The van der Waals surface area contributed by atoms with Crippen molar-refractivity contribution in [1.82, 2.24) is 0 Å². The second-order valence-corrected chi connectivity index (χ2v) is 16.1.